The molecule has 0 bridgehead atoms. The molecule has 4 rings (SSSR count). The van der Waals surface area contributed by atoms with Gasteiger partial charge in [-0.3, -0.25) is 9.97 Å². The third-order valence-electron chi connectivity index (χ3n) is 6.03. The fourth-order valence-electron chi connectivity index (χ4n) is 4.03. The van der Waals surface area contributed by atoms with Crippen molar-refractivity contribution in [1.29, 1.82) is 0 Å². The highest BCUT2D eigenvalue weighted by Gasteiger charge is 2.18. The molecule has 0 N–H and O–H groups in total. The zero-order valence-electron chi connectivity index (χ0n) is 21.1. The van der Waals surface area contributed by atoms with Crippen molar-refractivity contribution >= 4 is 19.0 Å². The molecule has 0 saturated heterocycles. The van der Waals surface area contributed by atoms with Crippen LogP contribution in [0.3, 0.4) is 0 Å². The maximum atomic E-state index is 6.11. The zero-order chi connectivity index (χ0) is 24.1. The van der Waals surface area contributed by atoms with Gasteiger partial charge in [0.1, 0.15) is 12.4 Å². The Morgan fingerprint density at radius 3 is 2.65 bits per heavy atom. The number of benzene rings is 1. The summed E-state index contributed by atoms with van der Waals surface area (Å²) in [5, 5.41) is 1.15. The second-order valence-corrected chi connectivity index (χ2v) is 15.9. The first-order valence-corrected chi connectivity index (χ1v) is 16.0. The molecule has 0 atom stereocenters. The van der Waals surface area contributed by atoms with E-state index in [1.807, 2.05) is 37.6 Å². The summed E-state index contributed by atoms with van der Waals surface area (Å²) in [6.45, 7) is 12.6. The van der Waals surface area contributed by atoms with Gasteiger partial charge in [0.05, 0.1) is 23.2 Å². The smallest absolute Gasteiger partial charge is 0.124 e. The minimum Gasteiger partial charge on any atom is -0.361 e. The van der Waals surface area contributed by atoms with Crippen LogP contribution in [0.5, 0.6) is 0 Å². The van der Waals surface area contributed by atoms with E-state index in [-0.39, 0.29) is 0 Å². The van der Waals surface area contributed by atoms with Gasteiger partial charge in [-0.05, 0) is 61.7 Å². The van der Waals surface area contributed by atoms with Crippen LogP contribution in [-0.2, 0) is 17.9 Å². The number of nitrogens with zero attached hydrogens (tertiary/aromatic N) is 4. The lowest BCUT2D eigenvalue weighted by atomic mass is 10.0. The minimum absolute atomic E-state index is 0.478. The van der Waals surface area contributed by atoms with Crippen molar-refractivity contribution in [2.45, 2.75) is 65.5 Å². The molecule has 0 spiro atoms. The van der Waals surface area contributed by atoms with Gasteiger partial charge in [-0.2, -0.15) is 0 Å². The van der Waals surface area contributed by atoms with Gasteiger partial charge in [0.15, 0.2) is 0 Å². The Kier molecular flexibility index (Phi) is 7.59. The Bertz CT molecular complexity index is 1260. The standard InChI is InChI=1S/C28H36N4OSi/c1-6-7-10-22-16-24-17-23(12-13-25(24)29-18-22)28-27(26-11-8-9-21(2)31-26)30-19-32(28)20-33-14-15-34(3,4)5/h8-9,11-13,16-19H,6-7,10,14-15,20H2,1-5H3. The maximum Gasteiger partial charge on any atom is 0.124 e. The SMILES string of the molecule is CCCCc1cnc2ccc(-c3c(-c4cccc(C)n4)ncn3COCC[Si](C)(C)C)cc2c1. The molecule has 6 heteroatoms. The monoisotopic (exact) mass is 472 g/mol. The van der Waals surface area contributed by atoms with Crippen LogP contribution in [-0.4, -0.2) is 34.2 Å². The molecule has 0 aliphatic heterocycles. The number of rotatable bonds is 10. The first-order chi connectivity index (χ1) is 16.3. The van der Waals surface area contributed by atoms with Gasteiger partial charge in [-0.15, -0.1) is 0 Å². The Labute approximate surface area is 204 Å². The van der Waals surface area contributed by atoms with E-state index in [1.165, 1.54) is 18.4 Å². The van der Waals surface area contributed by atoms with E-state index in [9.17, 15) is 0 Å². The number of pyridine rings is 2. The van der Waals surface area contributed by atoms with Crippen molar-refractivity contribution in [2.75, 3.05) is 6.61 Å². The van der Waals surface area contributed by atoms with Crippen molar-refractivity contribution in [1.82, 2.24) is 19.5 Å². The number of hydrogen-bond donors (Lipinski definition) is 0. The quantitative estimate of drug-likeness (QED) is 0.182. The first-order valence-electron chi connectivity index (χ1n) is 12.3. The summed E-state index contributed by atoms with van der Waals surface area (Å²) in [5.74, 6) is 0. The topological polar surface area (TPSA) is 52.8 Å². The van der Waals surface area contributed by atoms with Crippen LogP contribution in [0, 0.1) is 6.92 Å². The molecule has 0 radical (unpaired) electrons. The molecule has 3 heterocycles. The summed E-state index contributed by atoms with van der Waals surface area (Å²) in [6.07, 6.45) is 7.31. The summed E-state index contributed by atoms with van der Waals surface area (Å²) < 4.78 is 8.22. The van der Waals surface area contributed by atoms with E-state index in [1.54, 1.807) is 0 Å². The lowest BCUT2D eigenvalue weighted by molar-refractivity contribution is 0.0882. The van der Waals surface area contributed by atoms with E-state index in [2.05, 4.69) is 55.4 Å². The van der Waals surface area contributed by atoms with Crippen molar-refractivity contribution in [3.05, 3.63) is 66.2 Å². The largest absolute Gasteiger partial charge is 0.361 e. The van der Waals surface area contributed by atoms with E-state index >= 15 is 0 Å². The fourth-order valence-corrected chi connectivity index (χ4v) is 4.79. The zero-order valence-corrected chi connectivity index (χ0v) is 22.1. The summed E-state index contributed by atoms with van der Waals surface area (Å²) in [4.78, 5) is 14.2. The molecule has 1 aromatic carbocycles. The van der Waals surface area contributed by atoms with Gasteiger partial charge in [0, 0.05) is 37.5 Å². The van der Waals surface area contributed by atoms with Crippen LogP contribution in [0.2, 0.25) is 25.7 Å². The molecular formula is C28H36N4OSi. The molecule has 178 valence electrons. The number of imidazole rings is 1. The third-order valence-corrected chi connectivity index (χ3v) is 7.73. The lowest BCUT2D eigenvalue weighted by Crippen LogP contribution is -2.22. The normalized spacial score (nSPS) is 11.9. The number of unbranched alkanes of at least 4 members (excludes halogenated alkanes) is 1. The van der Waals surface area contributed by atoms with E-state index in [4.69, 9.17) is 19.7 Å². The van der Waals surface area contributed by atoms with Crippen LogP contribution >= 0.6 is 0 Å². The highest BCUT2D eigenvalue weighted by molar-refractivity contribution is 6.76. The van der Waals surface area contributed by atoms with E-state index in [0.717, 1.165) is 58.3 Å². The lowest BCUT2D eigenvalue weighted by Gasteiger charge is -2.16. The van der Waals surface area contributed by atoms with Gasteiger partial charge in [-0.1, -0.05) is 45.1 Å². The van der Waals surface area contributed by atoms with Gasteiger partial charge < -0.3 is 9.30 Å². The molecule has 0 unspecified atom stereocenters. The molecule has 0 amide bonds. The number of aromatic nitrogens is 4. The molecule has 4 aromatic rings. The highest BCUT2D eigenvalue weighted by atomic mass is 28.3. The number of aryl methyl sites for hydroxylation is 2. The average Bonchev–Trinajstić information content (AvgIpc) is 3.23. The summed E-state index contributed by atoms with van der Waals surface area (Å²) in [5.41, 5.74) is 7.18. The summed E-state index contributed by atoms with van der Waals surface area (Å²) in [6, 6.07) is 16.0. The van der Waals surface area contributed by atoms with Gasteiger partial charge in [-0.25, -0.2) is 4.98 Å². The predicted octanol–water partition coefficient (Wildman–Crippen LogP) is 7.12. The molecule has 0 fully saturated rings. The van der Waals surface area contributed by atoms with Crippen LogP contribution in [0.25, 0.3) is 33.5 Å². The fraction of sp³-hybridized carbons (Fsp3) is 0.393. The molecule has 0 saturated carbocycles. The van der Waals surface area contributed by atoms with Gasteiger partial charge in [0.2, 0.25) is 0 Å². The molecule has 0 aliphatic rings. The number of ether oxygens (including phenoxy) is 1. The Hall–Kier alpha value is -2.83. The third kappa shape index (κ3) is 5.99. The average molecular weight is 473 g/mol. The molecule has 3 aromatic heterocycles. The molecule has 5 nitrogen and oxygen atoms in total. The van der Waals surface area contributed by atoms with Crippen LogP contribution < -0.4 is 0 Å². The van der Waals surface area contributed by atoms with Crippen LogP contribution in [0.1, 0.15) is 31.0 Å². The highest BCUT2D eigenvalue weighted by Crippen LogP contribution is 2.32. The Morgan fingerprint density at radius 1 is 1.03 bits per heavy atom. The molecular weight excluding hydrogens is 436 g/mol. The summed E-state index contributed by atoms with van der Waals surface area (Å²) in [7, 11) is -1.14. The van der Waals surface area contributed by atoms with E-state index in [0.29, 0.717) is 6.73 Å². The van der Waals surface area contributed by atoms with Crippen LogP contribution in [0.15, 0.2) is 55.0 Å². The molecule has 34 heavy (non-hydrogen) atoms. The number of fused-ring (bicyclic) bond motifs is 1. The van der Waals surface area contributed by atoms with Crippen molar-refractivity contribution in [2.24, 2.45) is 0 Å². The van der Waals surface area contributed by atoms with Gasteiger partial charge >= 0.3 is 0 Å². The Balaban J connectivity index is 1.72. The van der Waals surface area contributed by atoms with Crippen LogP contribution in [0.4, 0.5) is 0 Å². The van der Waals surface area contributed by atoms with Crippen molar-refractivity contribution in [3.8, 4) is 22.6 Å². The molecule has 0 aliphatic carbocycles. The maximum absolute atomic E-state index is 6.11. The van der Waals surface area contributed by atoms with Crippen molar-refractivity contribution in [3.63, 3.8) is 0 Å². The predicted molar refractivity (Wildman–Crippen MR) is 144 cm³/mol. The Morgan fingerprint density at radius 2 is 1.88 bits per heavy atom. The summed E-state index contributed by atoms with van der Waals surface area (Å²) >= 11 is 0. The van der Waals surface area contributed by atoms with Crippen molar-refractivity contribution < 1.29 is 4.74 Å². The van der Waals surface area contributed by atoms with E-state index < -0.39 is 8.07 Å². The first kappa shape index (κ1) is 24.3. The minimum atomic E-state index is -1.14. The number of hydrogen-bond acceptors (Lipinski definition) is 4. The van der Waals surface area contributed by atoms with Gasteiger partial charge in [0.25, 0.3) is 0 Å². The second-order valence-electron chi connectivity index (χ2n) is 10.3. The second kappa shape index (κ2) is 10.6.